The first-order valence-corrected chi connectivity index (χ1v) is 9.18. The van der Waals surface area contributed by atoms with Crippen LogP contribution in [0.3, 0.4) is 0 Å². The number of hydrogen-bond donors (Lipinski definition) is 1. The summed E-state index contributed by atoms with van der Waals surface area (Å²) in [6.07, 6.45) is 1.34. The lowest BCUT2D eigenvalue weighted by Crippen LogP contribution is -2.30. The molecule has 0 spiro atoms. The van der Waals surface area contributed by atoms with Crippen molar-refractivity contribution in [3.8, 4) is 0 Å². The van der Waals surface area contributed by atoms with Gasteiger partial charge in [-0.1, -0.05) is 30.3 Å². The maximum Gasteiger partial charge on any atom is 0.321 e. The van der Waals surface area contributed by atoms with Gasteiger partial charge in [0.1, 0.15) is 18.2 Å². The number of benzene rings is 2. The van der Waals surface area contributed by atoms with Gasteiger partial charge in [0.15, 0.2) is 6.61 Å². The van der Waals surface area contributed by atoms with Crippen molar-refractivity contribution in [1.29, 1.82) is 0 Å². The summed E-state index contributed by atoms with van der Waals surface area (Å²) in [5, 5.41) is 0.878. The minimum absolute atomic E-state index is 0.561. The summed E-state index contributed by atoms with van der Waals surface area (Å²) in [4.78, 5) is 23.3. The van der Waals surface area contributed by atoms with Crippen LogP contribution in [0.4, 0.5) is 8.78 Å². The summed E-state index contributed by atoms with van der Waals surface area (Å²) in [6.45, 7) is -1.57. The van der Waals surface area contributed by atoms with Gasteiger partial charge in [0, 0.05) is 5.41 Å². The molecule has 27 heavy (non-hydrogen) atoms. The van der Waals surface area contributed by atoms with E-state index < -0.39 is 52.1 Å². The van der Waals surface area contributed by atoms with Gasteiger partial charge in [-0.3, -0.25) is 9.59 Å². The van der Waals surface area contributed by atoms with Crippen molar-refractivity contribution in [3.05, 3.63) is 76.7 Å². The molecule has 0 bridgehead atoms. The van der Waals surface area contributed by atoms with Crippen LogP contribution in [-0.4, -0.2) is 33.3 Å². The zero-order valence-electron chi connectivity index (χ0n) is 13.9. The Hall–Kier alpha value is -2.91. The number of nitrogens with one attached hydrogen (secondary N) is 1. The molecule has 2 aromatic carbocycles. The predicted molar refractivity (Wildman–Crippen MR) is 94.0 cm³/mol. The van der Waals surface area contributed by atoms with Crippen LogP contribution in [0.25, 0.3) is 6.08 Å². The number of esters is 1. The van der Waals surface area contributed by atoms with E-state index in [0.29, 0.717) is 11.6 Å². The molecule has 0 unspecified atom stereocenters. The number of halogens is 2. The molecule has 6 nitrogen and oxygen atoms in total. The highest BCUT2D eigenvalue weighted by Crippen LogP contribution is 2.10. The zero-order chi connectivity index (χ0) is 19.9. The van der Waals surface area contributed by atoms with Gasteiger partial charge < -0.3 is 4.74 Å². The molecule has 1 N–H and O–H groups in total. The van der Waals surface area contributed by atoms with Gasteiger partial charge in [-0.25, -0.2) is 21.9 Å². The molecule has 2 rings (SSSR count). The molecule has 0 atom stereocenters. The minimum Gasteiger partial charge on any atom is -0.456 e. The SMILES string of the molecule is O=C(CNS(=O)(=O)/C=C/c1ccccc1)OCC(=O)c1cc(F)ccc1F. The maximum atomic E-state index is 13.4. The second-order valence-electron chi connectivity index (χ2n) is 5.29. The number of ketones is 1. The molecule has 0 aromatic heterocycles. The average molecular weight is 395 g/mol. The van der Waals surface area contributed by atoms with Gasteiger partial charge in [-0.15, -0.1) is 0 Å². The highest BCUT2D eigenvalue weighted by atomic mass is 32.2. The number of Topliss-reactive ketones (excluding diaryl/α,β-unsaturated/α-hetero) is 1. The molecule has 0 aliphatic heterocycles. The molecule has 0 radical (unpaired) electrons. The summed E-state index contributed by atoms with van der Waals surface area (Å²) in [5.74, 6) is -3.77. The summed E-state index contributed by atoms with van der Waals surface area (Å²) in [5.41, 5.74) is 0.0855. The van der Waals surface area contributed by atoms with Crippen LogP contribution in [0.15, 0.2) is 53.9 Å². The Balaban J connectivity index is 1.84. The molecular weight excluding hydrogens is 380 g/mol. The van der Waals surface area contributed by atoms with E-state index in [1.165, 1.54) is 6.08 Å². The molecule has 0 fully saturated rings. The van der Waals surface area contributed by atoms with E-state index in [1.54, 1.807) is 30.3 Å². The normalized spacial score (nSPS) is 11.5. The third-order valence-corrected chi connectivity index (χ3v) is 4.29. The number of sulfonamides is 1. The Kier molecular flexibility index (Phi) is 6.91. The highest BCUT2D eigenvalue weighted by Gasteiger charge is 2.16. The smallest absolute Gasteiger partial charge is 0.321 e. The van der Waals surface area contributed by atoms with E-state index in [0.717, 1.165) is 17.5 Å². The van der Waals surface area contributed by atoms with Crippen LogP contribution in [0.1, 0.15) is 15.9 Å². The van der Waals surface area contributed by atoms with Crippen molar-refractivity contribution in [2.75, 3.05) is 13.2 Å². The summed E-state index contributed by atoms with van der Waals surface area (Å²) >= 11 is 0. The van der Waals surface area contributed by atoms with E-state index in [-0.39, 0.29) is 0 Å². The first-order valence-electron chi connectivity index (χ1n) is 7.63. The quantitative estimate of drug-likeness (QED) is 0.547. The molecule has 142 valence electrons. The van der Waals surface area contributed by atoms with E-state index in [4.69, 9.17) is 0 Å². The van der Waals surface area contributed by atoms with Crippen molar-refractivity contribution in [2.45, 2.75) is 0 Å². The van der Waals surface area contributed by atoms with E-state index in [9.17, 15) is 26.8 Å². The zero-order valence-corrected chi connectivity index (χ0v) is 14.7. The Bertz CT molecular complexity index is 959. The van der Waals surface area contributed by atoms with Gasteiger partial charge in [0.2, 0.25) is 15.8 Å². The number of rotatable bonds is 8. The molecule has 0 aliphatic rings. The Morgan fingerprint density at radius 3 is 2.48 bits per heavy atom. The highest BCUT2D eigenvalue weighted by molar-refractivity contribution is 7.92. The third kappa shape index (κ3) is 6.72. The summed E-state index contributed by atoms with van der Waals surface area (Å²) < 4.78 is 56.6. The number of carbonyl (C=O) groups is 2. The van der Waals surface area contributed by atoms with Crippen molar-refractivity contribution >= 4 is 27.9 Å². The Morgan fingerprint density at radius 1 is 1.07 bits per heavy atom. The molecular formula is C18H15F2NO5S. The van der Waals surface area contributed by atoms with Gasteiger partial charge in [-0.2, -0.15) is 0 Å². The second kappa shape index (κ2) is 9.15. The average Bonchev–Trinajstić information content (AvgIpc) is 2.66. The van der Waals surface area contributed by atoms with Gasteiger partial charge >= 0.3 is 5.97 Å². The third-order valence-electron chi connectivity index (χ3n) is 3.25. The van der Waals surface area contributed by atoms with Crippen LogP contribution in [0, 0.1) is 11.6 Å². The fourth-order valence-corrected chi connectivity index (χ4v) is 2.68. The molecule has 2 aromatic rings. The first kappa shape index (κ1) is 20.4. The number of hydrogen-bond acceptors (Lipinski definition) is 5. The number of carbonyl (C=O) groups excluding carboxylic acids is 2. The van der Waals surface area contributed by atoms with Crippen molar-refractivity contribution in [1.82, 2.24) is 4.72 Å². The summed E-state index contributed by atoms with van der Waals surface area (Å²) in [6, 6.07) is 10.9. The van der Waals surface area contributed by atoms with E-state index in [1.807, 2.05) is 4.72 Å². The lowest BCUT2D eigenvalue weighted by Gasteiger charge is -2.06. The van der Waals surface area contributed by atoms with Crippen molar-refractivity contribution in [3.63, 3.8) is 0 Å². The second-order valence-corrected chi connectivity index (χ2v) is 6.94. The van der Waals surface area contributed by atoms with Gasteiger partial charge in [0.25, 0.3) is 0 Å². The van der Waals surface area contributed by atoms with Crippen LogP contribution in [-0.2, 0) is 19.6 Å². The van der Waals surface area contributed by atoms with Gasteiger partial charge in [0.05, 0.1) is 5.56 Å². The summed E-state index contributed by atoms with van der Waals surface area (Å²) in [7, 11) is -3.90. The lowest BCUT2D eigenvalue weighted by molar-refractivity contribution is -0.141. The monoisotopic (exact) mass is 395 g/mol. The largest absolute Gasteiger partial charge is 0.456 e. The van der Waals surface area contributed by atoms with E-state index >= 15 is 0 Å². The fraction of sp³-hybridized carbons (Fsp3) is 0.111. The fourth-order valence-electron chi connectivity index (χ4n) is 1.93. The molecule has 0 saturated heterocycles. The predicted octanol–water partition coefficient (Wildman–Crippen LogP) is 2.28. The first-order chi connectivity index (χ1) is 12.8. The maximum absolute atomic E-state index is 13.4. The topological polar surface area (TPSA) is 89.5 Å². The van der Waals surface area contributed by atoms with E-state index in [2.05, 4.69) is 4.74 Å². The molecule has 0 aliphatic carbocycles. The molecule has 9 heteroatoms. The Labute approximate surface area is 154 Å². The Morgan fingerprint density at radius 2 is 1.78 bits per heavy atom. The van der Waals surface area contributed by atoms with Crippen LogP contribution in [0.2, 0.25) is 0 Å². The number of ether oxygens (including phenoxy) is 1. The van der Waals surface area contributed by atoms with Gasteiger partial charge in [-0.05, 0) is 29.8 Å². The van der Waals surface area contributed by atoms with Crippen LogP contribution in [0.5, 0.6) is 0 Å². The molecule has 0 saturated carbocycles. The molecule has 0 amide bonds. The lowest BCUT2D eigenvalue weighted by atomic mass is 10.1. The standard InChI is InChI=1S/C18H15F2NO5S/c19-14-6-7-16(20)15(10-14)17(22)12-26-18(23)11-21-27(24,25)9-8-13-4-2-1-3-5-13/h1-10,21H,11-12H2/b9-8+. The van der Waals surface area contributed by atoms with Crippen LogP contribution < -0.4 is 4.72 Å². The molecule has 0 heterocycles. The van der Waals surface area contributed by atoms with Crippen molar-refractivity contribution in [2.24, 2.45) is 0 Å². The van der Waals surface area contributed by atoms with Crippen LogP contribution >= 0.6 is 0 Å². The minimum atomic E-state index is -3.90. The van der Waals surface area contributed by atoms with Crippen molar-refractivity contribution < 1.29 is 31.5 Å².